The van der Waals surface area contributed by atoms with Crippen LogP contribution >= 0.6 is 0 Å². The average Bonchev–Trinajstić information content (AvgIpc) is 3.15. The normalized spacial score (nSPS) is 21.5. The lowest BCUT2D eigenvalue weighted by molar-refractivity contribution is 0.0667. The number of para-hydroxylation sites is 1. The molecule has 1 aromatic heterocycles. The molecule has 4 nitrogen and oxygen atoms in total. The summed E-state index contributed by atoms with van der Waals surface area (Å²) >= 11 is 0. The quantitative estimate of drug-likeness (QED) is 0.384. The molecule has 194 valence electrons. The van der Waals surface area contributed by atoms with E-state index in [4.69, 9.17) is 4.74 Å². The summed E-state index contributed by atoms with van der Waals surface area (Å²) in [6.07, 6.45) is 0. The summed E-state index contributed by atoms with van der Waals surface area (Å²) in [6, 6.07) is 9.42. The predicted molar refractivity (Wildman–Crippen MR) is 133 cm³/mol. The van der Waals surface area contributed by atoms with Gasteiger partial charge in [-0.3, -0.25) is 14.2 Å². The number of H-pyrrole nitrogens is 1. The fraction of sp³-hybridized carbons (Fsp3) is 0.500. The van der Waals surface area contributed by atoms with Crippen molar-refractivity contribution < 1.29 is 22.3 Å². The Hall–Kier alpha value is -2.58. The molecule has 0 saturated carbocycles. The van der Waals surface area contributed by atoms with Crippen molar-refractivity contribution in [3.63, 3.8) is 0 Å². The summed E-state index contributed by atoms with van der Waals surface area (Å²) in [7, 11) is 0. The Kier molecular flexibility index (Phi) is 6.76. The van der Waals surface area contributed by atoms with Crippen LogP contribution in [0.15, 0.2) is 36.4 Å². The highest BCUT2D eigenvalue weighted by Gasteiger charge is 2.40. The molecule has 1 fully saturated rings. The minimum Gasteiger partial charge on any atom is -0.492 e. The van der Waals surface area contributed by atoms with E-state index in [2.05, 4.69) is 11.9 Å². The molecule has 2 atom stereocenters. The lowest BCUT2D eigenvalue weighted by Gasteiger charge is -2.41. The zero-order valence-electron chi connectivity index (χ0n) is 21.0. The third-order valence-electron chi connectivity index (χ3n) is 7.25. The molecule has 8 heteroatoms. The second-order valence-corrected chi connectivity index (χ2v) is 10.9. The summed E-state index contributed by atoms with van der Waals surface area (Å²) in [5, 5.41) is 1.02. The van der Waals surface area contributed by atoms with Gasteiger partial charge in [0, 0.05) is 72.9 Å². The van der Waals surface area contributed by atoms with E-state index in [1.165, 1.54) is 26.0 Å². The molecule has 3 aromatic rings. The average molecular weight is 504 g/mol. The van der Waals surface area contributed by atoms with Crippen LogP contribution in [0.25, 0.3) is 10.9 Å². The largest absolute Gasteiger partial charge is 0.492 e. The number of fused-ring (bicyclic) bond motifs is 3. The van der Waals surface area contributed by atoms with E-state index >= 15 is 8.78 Å². The summed E-state index contributed by atoms with van der Waals surface area (Å²) in [6.45, 7) is 7.37. The zero-order chi connectivity index (χ0) is 25.6. The van der Waals surface area contributed by atoms with Gasteiger partial charge in [0.15, 0.2) is 0 Å². The highest BCUT2D eigenvalue weighted by Crippen LogP contribution is 2.45. The van der Waals surface area contributed by atoms with Gasteiger partial charge < -0.3 is 9.72 Å². The Labute approximate surface area is 209 Å². The van der Waals surface area contributed by atoms with Crippen molar-refractivity contribution in [2.24, 2.45) is 5.92 Å². The molecular formula is C28H33F4N3O. The van der Waals surface area contributed by atoms with Crippen molar-refractivity contribution in [2.75, 3.05) is 46.0 Å². The van der Waals surface area contributed by atoms with Crippen LogP contribution in [0, 0.1) is 17.6 Å². The third kappa shape index (κ3) is 4.85. The summed E-state index contributed by atoms with van der Waals surface area (Å²) in [5.74, 6) is -1.21. The van der Waals surface area contributed by atoms with Crippen LogP contribution < -0.4 is 4.74 Å². The number of likely N-dealkylation sites (tertiary alicyclic amines) is 1. The molecule has 1 N–H and O–H groups in total. The maximum absolute atomic E-state index is 15.6. The van der Waals surface area contributed by atoms with Crippen molar-refractivity contribution in [3.8, 4) is 5.75 Å². The number of aromatic amines is 1. The van der Waals surface area contributed by atoms with Crippen molar-refractivity contribution in [3.05, 3.63) is 64.9 Å². The zero-order valence-corrected chi connectivity index (χ0v) is 21.0. The van der Waals surface area contributed by atoms with Crippen LogP contribution in [0.5, 0.6) is 5.75 Å². The molecule has 1 saturated heterocycles. The number of alkyl halides is 2. The first-order valence-electron chi connectivity index (χ1n) is 12.6. The van der Waals surface area contributed by atoms with Gasteiger partial charge in [0.05, 0.1) is 12.7 Å². The predicted octanol–water partition coefficient (Wildman–Crippen LogP) is 5.98. The van der Waals surface area contributed by atoms with Gasteiger partial charge >= 0.3 is 0 Å². The van der Waals surface area contributed by atoms with Crippen molar-refractivity contribution in [1.82, 2.24) is 14.8 Å². The molecule has 2 aliphatic rings. The van der Waals surface area contributed by atoms with Crippen LogP contribution in [0.4, 0.5) is 17.6 Å². The highest BCUT2D eigenvalue weighted by molar-refractivity contribution is 5.86. The Balaban J connectivity index is 1.46. The number of rotatable bonds is 8. The molecule has 0 unspecified atom stereocenters. The third-order valence-corrected chi connectivity index (χ3v) is 7.25. The lowest BCUT2D eigenvalue weighted by Crippen LogP contribution is -2.49. The molecule has 0 radical (unpaired) electrons. The maximum atomic E-state index is 15.6. The molecular weight excluding hydrogens is 470 g/mol. The Morgan fingerprint density at radius 2 is 1.75 bits per heavy atom. The van der Waals surface area contributed by atoms with Crippen molar-refractivity contribution >= 4 is 10.9 Å². The fourth-order valence-corrected chi connectivity index (χ4v) is 5.78. The van der Waals surface area contributed by atoms with Gasteiger partial charge in [0.25, 0.3) is 0 Å². The lowest BCUT2D eigenvalue weighted by atomic mass is 9.85. The molecule has 2 aromatic carbocycles. The number of benzene rings is 2. The minimum atomic E-state index is -1.55. The molecule has 0 bridgehead atoms. The van der Waals surface area contributed by atoms with Gasteiger partial charge in [0.1, 0.15) is 29.7 Å². The number of nitrogens with zero attached hydrogens (tertiary/aromatic N) is 2. The smallest absolute Gasteiger partial charge is 0.135 e. The van der Waals surface area contributed by atoms with Crippen LogP contribution in [-0.2, 0) is 0 Å². The standard InChI is InChI=1S/C28H33F4N3O/c1-17-13-35(16-28(2,3)32)27(26-24(17)20-6-4-5-7-23(20)33-26)25-21(30)10-19(11-22(25)31)36-9-8-34-14-18(12-29)15-34/h4-7,10-11,17-18,27,33H,8-9,12-16H2,1-3H3/t17-,27-/m1/s1. The van der Waals surface area contributed by atoms with Crippen molar-refractivity contribution in [2.45, 2.75) is 38.4 Å². The SMILES string of the molecule is C[C@@H]1CN(CC(C)(C)F)[C@H](c2c(F)cc(OCCN3CC(CF)C3)cc2F)c2[nH]c3ccccc3c21. The van der Waals surface area contributed by atoms with Gasteiger partial charge in [0.2, 0.25) is 0 Å². The topological polar surface area (TPSA) is 31.5 Å². The number of nitrogens with one attached hydrogen (secondary N) is 1. The minimum absolute atomic E-state index is 0.0314. The Morgan fingerprint density at radius 3 is 2.42 bits per heavy atom. The van der Waals surface area contributed by atoms with E-state index in [1.54, 1.807) is 0 Å². The monoisotopic (exact) mass is 503 g/mol. The van der Waals surface area contributed by atoms with Crippen LogP contribution in [-0.4, -0.2) is 66.5 Å². The van der Waals surface area contributed by atoms with Gasteiger partial charge in [-0.25, -0.2) is 13.2 Å². The van der Waals surface area contributed by atoms with Gasteiger partial charge in [-0.2, -0.15) is 0 Å². The molecule has 0 amide bonds. The molecule has 2 aliphatic heterocycles. The van der Waals surface area contributed by atoms with Gasteiger partial charge in [-0.1, -0.05) is 25.1 Å². The van der Waals surface area contributed by atoms with E-state index in [0.717, 1.165) is 16.5 Å². The van der Waals surface area contributed by atoms with E-state index in [0.29, 0.717) is 31.9 Å². The molecule has 3 heterocycles. The number of hydrogen-bond acceptors (Lipinski definition) is 3. The fourth-order valence-electron chi connectivity index (χ4n) is 5.78. The van der Waals surface area contributed by atoms with Crippen molar-refractivity contribution in [1.29, 1.82) is 0 Å². The first-order chi connectivity index (χ1) is 17.1. The highest BCUT2D eigenvalue weighted by atomic mass is 19.1. The Morgan fingerprint density at radius 1 is 1.06 bits per heavy atom. The molecule has 5 rings (SSSR count). The number of ether oxygens (including phenoxy) is 1. The molecule has 36 heavy (non-hydrogen) atoms. The summed E-state index contributed by atoms with van der Waals surface area (Å²) in [5.41, 5.74) is 0.951. The molecule has 0 aliphatic carbocycles. The van der Waals surface area contributed by atoms with E-state index < -0.39 is 23.3 Å². The summed E-state index contributed by atoms with van der Waals surface area (Å²) in [4.78, 5) is 7.26. The second kappa shape index (κ2) is 9.71. The first kappa shape index (κ1) is 25.1. The van der Waals surface area contributed by atoms with E-state index in [9.17, 15) is 8.78 Å². The van der Waals surface area contributed by atoms with Crippen LogP contribution in [0.1, 0.15) is 49.6 Å². The van der Waals surface area contributed by atoms with Gasteiger partial charge in [-0.15, -0.1) is 0 Å². The number of aromatic nitrogens is 1. The van der Waals surface area contributed by atoms with Crippen LogP contribution in [0.3, 0.4) is 0 Å². The number of halogens is 4. The van der Waals surface area contributed by atoms with Gasteiger partial charge in [-0.05, 0) is 31.4 Å². The van der Waals surface area contributed by atoms with E-state index in [-0.39, 0.29) is 43.0 Å². The first-order valence-corrected chi connectivity index (χ1v) is 12.6. The molecule has 0 spiro atoms. The number of hydrogen-bond donors (Lipinski definition) is 1. The Bertz CT molecular complexity index is 1210. The van der Waals surface area contributed by atoms with E-state index in [1.807, 2.05) is 34.1 Å². The maximum Gasteiger partial charge on any atom is 0.135 e. The van der Waals surface area contributed by atoms with Crippen LogP contribution in [0.2, 0.25) is 0 Å². The second-order valence-electron chi connectivity index (χ2n) is 10.9. The summed E-state index contributed by atoms with van der Waals surface area (Å²) < 4.78 is 64.3.